The highest BCUT2D eigenvalue weighted by molar-refractivity contribution is 5.44. The van der Waals surface area contributed by atoms with Crippen LogP contribution in [0.4, 0.5) is 5.69 Å². The highest BCUT2D eigenvalue weighted by Crippen LogP contribution is 2.06. The van der Waals surface area contributed by atoms with Gasteiger partial charge in [0.2, 0.25) is 0 Å². The van der Waals surface area contributed by atoms with Gasteiger partial charge in [-0.2, -0.15) is 0 Å². The van der Waals surface area contributed by atoms with Crippen LogP contribution in [-0.4, -0.2) is 0 Å². The molecule has 8 heavy (non-hydrogen) atoms. The van der Waals surface area contributed by atoms with E-state index in [1.54, 1.807) is 0 Å². The van der Waals surface area contributed by atoms with Gasteiger partial charge in [-0.1, -0.05) is 18.2 Å². The molecular weight excluding hydrogens is 97.1 g/mol. The van der Waals surface area contributed by atoms with Gasteiger partial charge >= 0.3 is 0 Å². The van der Waals surface area contributed by atoms with Gasteiger partial charge < -0.3 is 5.73 Å². The van der Waals surface area contributed by atoms with Gasteiger partial charge in [-0.05, 0) is 18.6 Å². The number of para-hydroxylation sites is 1. The van der Waals surface area contributed by atoms with Gasteiger partial charge in [-0.3, -0.25) is 0 Å². The maximum Gasteiger partial charge on any atom is 0.0343 e. The van der Waals surface area contributed by atoms with Crippen molar-refractivity contribution in [3.63, 3.8) is 0 Å². The van der Waals surface area contributed by atoms with Crippen molar-refractivity contribution in [1.29, 1.82) is 0 Å². The number of anilines is 1. The Hall–Kier alpha value is -0.980. The van der Waals surface area contributed by atoms with Crippen LogP contribution in [0, 0.1) is 6.92 Å². The fraction of sp³-hybridized carbons (Fsp3) is 0.143. The Morgan fingerprint density at radius 1 is 1.25 bits per heavy atom. The summed E-state index contributed by atoms with van der Waals surface area (Å²) in [6, 6.07) is 7.80. The summed E-state index contributed by atoms with van der Waals surface area (Å²) in [6.07, 6.45) is 0. The van der Waals surface area contributed by atoms with E-state index in [0.717, 1.165) is 11.3 Å². The van der Waals surface area contributed by atoms with Crippen molar-refractivity contribution >= 4 is 5.69 Å². The molecule has 1 rings (SSSR count). The first kappa shape index (κ1) is 5.16. The molecule has 0 unspecified atom stereocenters. The van der Waals surface area contributed by atoms with Crippen LogP contribution in [0.3, 0.4) is 0 Å². The summed E-state index contributed by atoms with van der Waals surface area (Å²) >= 11 is 0. The molecule has 42 valence electrons. The van der Waals surface area contributed by atoms with Crippen molar-refractivity contribution in [3.05, 3.63) is 29.8 Å². The fourth-order valence-electron chi connectivity index (χ4n) is 0.587. The first-order valence-corrected chi connectivity index (χ1v) is 2.62. The molecule has 0 saturated heterocycles. The van der Waals surface area contributed by atoms with Crippen molar-refractivity contribution in [3.8, 4) is 0 Å². The van der Waals surface area contributed by atoms with Crippen molar-refractivity contribution in [1.82, 2.24) is 0 Å². The second kappa shape index (κ2) is 1.86. The second-order valence-corrected chi connectivity index (χ2v) is 1.86. The number of nitrogen functional groups attached to an aromatic ring is 1. The summed E-state index contributed by atoms with van der Waals surface area (Å²) in [5.74, 6) is 0. The highest BCUT2D eigenvalue weighted by atomic mass is 14.5. The zero-order chi connectivity index (χ0) is 5.98. The standard InChI is InChI=1S/C7H9N/c1-6-4-2-3-5-7(6)8/h2-5H,8H2,1H3/i1-1. The maximum absolute atomic E-state index is 5.52. The third kappa shape index (κ3) is 0.808. The molecule has 0 aromatic heterocycles. The summed E-state index contributed by atoms with van der Waals surface area (Å²) in [5, 5.41) is 0. The van der Waals surface area contributed by atoms with Crippen molar-refractivity contribution in [2.45, 2.75) is 6.92 Å². The monoisotopic (exact) mass is 106 g/mol. The lowest BCUT2D eigenvalue weighted by Crippen LogP contribution is -1.85. The summed E-state index contributed by atoms with van der Waals surface area (Å²) in [5.41, 5.74) is 7.53. The molecule has 1 aromatic rings. The maximum atomic E-state index is 5.52. The Kier molecular flexibility index (Phi) is 1.20. The average molecular weight is 106 g/mol. The summed E-state index contributed by atoms with van der Waals surface area (Å²) < 4.78 is 0. The molecule has 0 aliphatic carbocycles. The molecule has 0 radical (unpaired) electrons. The minimum atomic E-state index is 0.868. The summed E-state index contributed by atoms with van der Waals surface area (Å²) in [7, 11) is 0. The number of nitrogens with two attached hydrogens (primary N) is 1. The minimum absolute atomic E-state index is 0.868. The van der Waals surface area contributed by atoms with Crippen LogP contribution in [0.15, 0.2) is 24.3 Å². The molecular formula is C7H9N. The molecule has 0 spiro atoms. The third-order valence-electron chi connectivity index (χ3n) is 1.19. The Bertz CT molecular complexity index is 160. The van der Waals surface area contributed by atoms with E-state index < -0.39 is 0 Å². The van der Waals surface area contributed by atoms with Crippen LogP contribution < -0.4 is 5.73 Å². The molecule has 0 aliphatic rings. The Balaban J connectivity index is 3.13. The van der Waals surface area contributed by atoms with E-state index in [-0.39, 0.29) is 0 Å². The van der Waals surface area contributed by atoms with E-state index >= 15 is 0 Å². The molecule has 0 saturated carbocycles. The third-order valence-corrected chi connectivity index (χ3v) is 1.19. The molecule has 0 fully saturated rings. The lowest BCUT2D eigenvalue weighted by atomic mass is 10.0. The van der Waals surface area contributed by atoms with Gasteiger partial charge in [0, 0.05) is 5.69 Å². The normalized spacial score (nSPS) is 9.12. The first-order chi connectivity index (χ1) is 3.80. The number of hydrogen-bond donors (Lipinski definition) is 1. The van der Waals surface area contributed by atoms with Crippen LogP contribution in [-0.2, 0) is 0 Å². The molecule has 0 amide bonds. The highest BCUT2D eigenvalue weighted by Gasteiger charge is 1.84. The fourth-order valence-corrected chi connectivity index (χ4v) is 0.587. The minimum Gasteiger partial charge on any atom is -0.399 e. The van der Waals surface area contributed by atoms with Crippen LogP contribution in [0.1, 0.15) is 5.56 Å². The van der Waals surface area contributed by atoms with Gasteiger partial charge in [0.1, 0.15) is 0 Å². The Morgan fingerprint density at radius 3 is 2.25 bits per heavy atom. The first-order valence-electron chi connectivity index (χ1n) is 2.62. The summed E-state index contributed by atoms with van der Waals surface area (Å²) in [6.45, 7) is 2.00. The average Bonchev–Trinajstić information content (AvgIpc) is 1.77. The van der Waals surface area contributed by atoms with E-state index in [1.165, 1.54) is 0 Å². The quantitative estimate of drug-likeness (QED) is 0.499. The molecule has 1 aromatic carbocycles. The molecule has 1 nitrogen and oxygen atoms in total. The predicted octanol–water partition coefficient (Wildman–Crippen LogP) is 1.58. The molecule has 1 heteroatoms. The molecule has 0 heterocycles. The van der Waals surface area contributed by atoms with Crippen molar-refractivity contribution in [2.75, 3.05) is 5.73 Å². The van der Waals surface area contributed by atoms with Gasteiger partial charge in [0.05, 0.1) is 0 Å². The second-order valence-electron chi connectivity index (χ2n) is 1.86. The van der Waals surface area contributed by atoms with Gasteiger partial charge in [-0.15, -0.1) is 0 Å². The Labute approximate surface area is 49.1 Å². The number of benzene rings is 1. The SMILES string of the molecule is [11CH3]c1ccccc1N. The topological polar surface area (TPSA) is 26.0 Å². The number of hydrogen-bond acceptors (Lipinski definition) is 1. The predicted molar refractivity (Wildman–Crippen MR) is 35.6 cm³/mol. The zero-order valence-corrected chi connectivity index (χ0v) is 4.89. The number of rotatable bonds is 0. The van der Waals surface area contributed by atoms with Crippen LogP contribution in [0.2, 0.25) is 0 Å². The van der Waals surface area contributed by atoms with Crippen LogP contribution in [0.5, 0.6) is 0 Å². The van der Waals surface area contributed by atoms with Gasteiger partial charge in [0.25, 0.3) is 0 Å². The van der Waals surface area contributed by atoms with Crippen LogP contribution in [0.25, 0.3) is 0 Å². The van der Waals surface area contributed by atoms with Gasteiger partial charge in [0.15, 0.2) is 0 Å². The molecule has 0 aliphatic heterocycles. The van der Waals surface area contributed by atoms with E-state index in [1.807, 2.05) is 31.2 Å². The Morgan fingerprint density at radius 2 is 1.88 bits per heavy atom. The summed E-state index contributed by atoms with van der Waals surface area (Å²) in [4.78, 5) is 0. The van der Waals surface area contributed by atoms with E-state index in [9.17, 15) is 0 Å². The van der Waals surface area contributed by atoms with Gasteiger partial charge in [-0.25, -0.2) is 0 Å². The smallest absolute Gasteiger partial charge is 0.0343 e. The van der Waals surface area contributed by atoms with E-state index in [2.05, 4.69) is 0 Å². The molecule has 0 bridgehead atoms. The number of aryl methyl sites for hydroxylation is 1. The zero-order valence-electron chi connectivity index (χ0n) is 4.89. The van der Waals surface area contributed by atoms with E-state index in [4.69, 9.17) is 5.73 Å². The largest absolute Gasteiger partial charge is 0.399 e. The molecule has 0 atom stereocenters. The molecule has 2 N–H and O–H groups in total. The van der Waals surface area contributed by atoms with Crippen molar-refractivity contribution in [2.24, 2.45) is 0 Å². The lowest BCUT2D eigenvalue weighted by Gasteiger charge is -1.93. The lowest BCUT2D eigenvalue weighted by molar-refractivity contribution is 1.47. The van der Waals surface area contributed by atoms with Crippen LogP contribution >= 0.6 is 0 Å². The van der Waals surface area contributed by atoms with Crippen molar-refractivity contribution < 1.29 is 0 Å². The van der Waals surface area contributed by atoms with E-state index in [0.29, 0.717) is 0 Å².